The first kappa shape index (κ1) is 23.2. The summed E-state index contributed by atoms with van der Waals surface area (Å²) in [5, 5.41) is 9.79. The van der Waals surface area contributed by atoms with E-state index >= 15 is 0 Å². The lowest BCUT2D eigenvalue weighted by Crippen LogP contribution is -2.63. The highest BCUT2D eigenvalue weighted by Gasteiger charge is 2.67. The van der Waals surface area contributed by atoms with E-state index < -0.39 is 40.5 Å². The molecule has 0 spiro atoms. The van der Waals surface area contributed by atoms with E-state index in [0.29, 0.717) is 30.4 Å². The Kier molecular flexibility index (Phi) is 4.94. The molecule has 5 rings (SSSR count). The molecule has 5 aliphatic rings. The highest BCUT2D eigenvalue weighted by Crippen LogP contribution is 2.68. The predicted molar refractivity (Wildman–Crippen MR) is 121 cm³/mol. The van der Waals surface area contributed by atoms with Gasteiger partial charge in [-0.15, -0.1) is 0 Å². The Balaban J connectivity index is 1.68. The fourth-order valence-corrected chi connectivity index (χ4v) is 7.98. The first-order valence-corrected chi connectivity index (χ1v) is 12.1. The van der Waals surface area contributed by atoms with Crippen molar-refractivity contribution < 1.29 is 33.8 Å². The number of allylic oxidation sites excluding steroid dienone is 3. The maximum Gasteiger partial charge on any atom is 0.337 e. The smallest absolute Gasteiger partial charge is 0.337 e. The van der Waals surface area contributed by atoms with E-state index in [4.69, 9.17) is 9.47 Å². The third-order valence-corrected chi connectivity index (χ3v) is 9.61. The molecule has 0 unspecified atom stereocenters. The van der Waals surface area contributed by atoms with Crippen LogP contribution in [0.25, 0.3) is 0 Å². The molecule has 1 heterocycles. The number of ether oxygens (including phenoxy) is 2. The Morgan fingerprint density at radius 3 is 2.47 bits per heavy atom. The molecule has 0 aromatic carbocycles. The molecule has 0 bridgehead atoms. The minimum atomic E-state index is -1.29. The highest BCUT2D eigenvalue weighted by atomic mass is 16.6. The molecule has 1 fully saturated rings. The summed E-state index contributed by atoms with van der Waals surface area (Å²) in [4.78, 5) is 51.1. The molecule has 0 saturated heterocycles. The molecule has 7 heteroatoms. The van der Waals surface area contributed by atoms with Crippen molar-refractivity contribution in [3.8, 4) is 0 Å². The molecule has 0 aromatic heterocycles. The first-order chi connectivity index (χ1) is 15.8. The average Bonchev–Trinajstić information content (AvgIpc) is 3.32. The number of aliphatic hydroxyl groups is 1. The van der Waals surface area contributed by atoms with Crippen LogP contribution in [0.3, 0.4) is 0 Å². The number of rotatable bonds is 2. The maximum atomic E-state index is 13.7. The van der Waals surface area contributed by atoms with Gasteiger partial charge >= 0.3 is 11.9 Å². The summed E-state index contributed by atoms with van der Waals surface area (Å²) in [6, 6.07) is 0. The van der Waals surface area contributed by atoms with Gasteiger partial charge in [-0.25, -0.2) is 4.79 Å². The molecular weight excluding hydrogens is 436 g/mol. The maximum absolute atomic E-state index is 13.7. The van der Waals surface area contributed by atoms with E-state index in [2.05, 4.69) is 13.8 Å². The number of hydrogen-bond donors (Lipinski definition) is 1. The number of ketones is 2. The van der Waals surface area contributed by atoms with Gasteiger partial charge in [0.05, 0.1) is 0 Å². The summed E-state index contributed by atoms with van der Waals surface area (Å²) in [5.74, 6) is -1.61. The molecule has 1 aliphatic heterocycles. The Bertz CT molecular complexity index is 1110. The topological polar surface area (TPSA) is 107 Å². The molecule has 0 amide bonds. The van der Waals surface area contributed by atoms with Crippen molar-refractivity contribution in [3.63, 3.8) is 0 Å². The summed E-state index contributed by atoms with van der Waals surface area (Å²) >= 11 is 0. The average molecular weight is 469 g/mol. The van der Waals surface area contributed by atoms with E-state index in [-0.39, 0.29) is 35.8 Å². The van der Waals surface area contributed by atoms with Crippen LogP contribution in [0.5, 0.6) is 0 Å². The molecule has 7 nitrogen and oxygen atoms in total. The lowest BCUT2D eigenvalue weighted by atomic mass is 9.41. The van der Waals surface area contributed by atoms with Gasteiger partial charge in [0.15, 0.2) is 11.6 Å². The van der Waals surface area contributed by atoms with Crippen LogP contribution in [-0.2, 0) is 28.7 Å². The number of cyclic esters (lactones) is 1. The highest BCUT2D eigenvalue weighted by molar-refractivity contribution is 6.03. The minimum Gasteiger partial charge on any atom is -0.462 e. The fourth-order valence-electron chi connectivity index (χ4n) is 7.98. The molecule has 4 aliphatic carbocycles. The van der Waals surface area contributed by atoms with Gasteiger partial charge in [-0.05, 0) is 48.7 Å². The van der Waals surface area contributed by atoms with E-state index in [1.54, 1.807) is 6.08 Å². The van der Waals surface area contributed by atoms with Gasteiger partial charge in [0.2, 0.25) is 6.29 Å². The van der Waals surface area contributed by atoms with Crippen LogP contribution in [-0.4, -0.2) is 41.0 Å². The summed E-state index contributed by atoms with van der Waals surface area (Å²) in [7, 11) is 0. The number of esters is 2. The van der Waals surface area contributed by atoms with Crippen LogP contribution >= 0.6 is 0 Å². The van der Waals surface area contributed by atoms with Crippen molar-refractivity contribution in [2.75, 3.05) is 0 Å². The lowest BCUT2D eigenvalue weighted by molar-refractivity contribution is -0.181. The second-order valence-corrected chi connectivity index (χ2v) is 11.5. The Hall–Kier alpha value is -2.54. The van der Waals surface area contributed by atoms with Crippen molar-refractivity contribution in [1.82, 2.24) is 0 Å². The molecular formula is C27H32O7. The molecule has 0 radical (unpaired) electrons. The zero-order valence-corrected chi connectivity index (χ0v) is 20.3. The van der Waals surface area contributed by atoms with Crippen molar-refractivity contribution in [2.24, 2.45) is 34.0 Å². The van der Waals surface area contributed by atoms with E-state index in [9.17, 15) is 24.3 Å². The van der Waals surface area contributed by atoms with Crippen LogP contribution in [0.1, 0.15) is 60.3 Å². The first-order valence-electron chi connectivity index (χ1n) is 12.1. The molecule has 1 saturated carbocycles. The largest absolute Gasteiger partial charge is 0.462 e. The molecule has 1 N–H and O–H groups in total. The number of carbonyl (C=O) groups excluding carboxylic acids is 4. The Morgan fingerprint density at radius 2 is 1.85 bits per heavy atom. The SMILES string of the molecule is CC(=O)O[C@H]1C[C@H]2C(C)(C)C(=O)C=C[C@]2(C)[C@H]2CC(=O)C3=C(CC[C@H]3C3=C[C@H](O)OC3=O)[C@]12C. The second kappa shape index (κ2) is 7.23. The number of fused-ring (bicyclic) bond motifs is 4. The molecule has 7 atom stereocenters. The Morgan fingerprint density at radius 1 is 1.15 bits per heavy atom. The van der Waals surface area contributed by atoms with Crippen molar-refractivity contribution in [2.45, 2.75) is 72.7 Å². The van der Waals surface area contributed by atoms with Crippen LogP contribution in [0.4, 0.5) is 0 Å². The third kappa shape index (κ3) is 2.92. The van der Waals surface area contributed by atoms with Gasteiger partial charge in [-0.1, -0.05) is 39.3 Å². The molecule has 34 heavy (non-hydrogen) atoms. The van der Waals surface area contributed by atoms with Crippen molar-refractivity contribution >= 4 is 23.5 Å². The van der Waals surface area contributed by atoms with Crippen LogP contribution in [0.15, 0.2) is 34.9 Å². The van der Waals surface area contributed by atoms with Crippen LogP contribution < -0.4 is 0 Å². The van der Waals surface area contributed by atoms with Gasteiger partial charge in [0, 0.05) is 41.2 Å². The monoisotopic (exact) mass is 468 g/mol. The fraction of sp³-hybridized carbons (Fsp3) is 0.630. The van der Waals surface area contributed by atoms with Gasteiger partial charge in [-0.2, -0.15) is 0 Å². The number of Topliss-reactive ketones (excluding diaryl/α,β-unsaturated/α-hetero) is 1. The normalized spacial score (nSPS) is 42.6. The zero-order chi connectivity index (χ0) is 24.8. The third-order valence-electron chi connectivity index (χ3n) is 9.61. The van der Waals surface area contributed by atoms with Gasteiger partial charge in [0.1, 0.15) is 6.10 Å². The van der Waals surface area contributed by atoms with Crippen LogP contribution in [0.2, 0.25) is 0 Å². The minimum absolute atomic E-state index is 0.0124. The lowest BCUT2D eigenvalue weighted by Gasteiger charge is -2.63. The van der Waals surface area contributed by atoms with Gasteiger partial charge in [-0.3, -0.25) is 14.4 Å². The summed E-state index contributed by atoms with van der Waals surface area (Å²) in [5.41, 5.74) is 0.205. The molecule has 0 aromatic rings. The predicted octanol–water partition coefficient (Wildman–Crippen LogP) is 3.21. The second-order valence-electron chi connectivity index (χ2n) is 11.5. The zero-order valence-electron chi connectivity index (χ0n) is 20.3. The van der Waals surface area contributed by atoms with Gasteiger partial charge < -0.3 is 14.6 Å². The standard InChI is InChI=1S/C27H32O7/c1-13(28)33-21-12-18-25(2,3)20(30)8-9-26(18,4)19-11-17(29)23-14(6-7-16(23)27(19,21)5)15-10-22(31)34-24(15)32/h8-10,14,18-19,21-22,31H,6-7,11-12H2,1-5H3/t14-,18-,19+,21-,22+,26-,27-/m0/s1. The number of aliphatic hydroxyl groups excluding tert-OH is 1. The van der Waals surface area contributed by atoms with Crippen molar-refractivity contribution in [1.29, 1.82) is 0 Å². The van der Waals surface area contributed by atoms with Gasteiger partial charge in [0.25, 0.3) is 0 Å². The number of carbonyl (C=O) groups is 4. The van der Waals surface area contributed by atoms with E-state index in [1.165, 1.54) is 13.0 Å². The molecule has 182 valence electrons. The summed E-state index contributed by atoms with van der Waals surface area (Å²) < 4.78 is 10.9. The summed E-state index contributed by atoms with van der Waals surface area (Å²) in [6.07, 6.45) is 5.20. The number of hydrogen-bond acceptors (Lipinski definition) is 7. The van der Waals surface area contributed by atoms with E-state index in [0.717, 1.165) is 5.57 Å². The van der Waals surface area contributed by atoms with Crippen molar-refractivity contribution in [3.05, 3.63) is 34.9 Å². The van der Waals surface area contributed by atoms with Crippen LogP contribution in [0, 0.1) is 34.0 Å². The Labute approximate surface area is 199 Å². The quantitative estimate of drug-likeness (QED) is 0.620. The van der Waals surface area contributed by atoms with E-state index in [1.807, 2.05) is 19.9 Å². The summed E-state index contributed by atoms with van der Waals surface area (Å²) in [6.45, 7) is 9.50.